The maximum Gasteiger partial charge on any atom is 0.248 e. The highest BCUT2D eigenvalue weighted by Crippen LogP contribution is 2.33. The zero-order valence-electron chi connectivity index (χ0n) is 11.8. The Labute approximate surface area is 123 Å². The van der Waals surface area contributed by atoms with Gasteiger partial charge in [0.1, 0.15) is 6.10 Å². The Bertz CT molecular complexity index is 498. The number of rotatable bonds is 5. The van der Waals surface area contributed by atoms with Gasteiger partial charge in [-0.2, -0.15) is 0 Å². The Morgan fingerprint density at radius 3 is 2.48 bits per heavy atom. The first-order valence-electron chi connectivity index (χ1n) is 7.08. The normalized spacial score (nSPS) is 18.7. The van der Waals surface area contributed by atoms with Gasteiger partial charge in [0.25, 0.3) is 0 Å². The highest BCUT2D eigenvalue weighted by atomic mass is 16.3. The summed E-state index contributed by atoms with van der Waals surface area (Å²) in [6.45, 7) is 1.34. The van der Waals surface area contributed by atoms with Gasteiger partial charge in [0.15, 0.2) is 0 Å². The van der Waals surface area contributed by atoms with Crippen LogP contribution in [-0.2, 0) is 15.0 Å². The summed E-state index contributed by atoms with van der Waals surface area (Å²) in [6, 6.07) is 9.60. The predicted octanol–water partition coefficient (Wildman–Crippen LogP) is -0.730. The number of carbonyl (C=O) groups excluding carboxylic acids is 2. The molecule has 0 saturated carbocycles. The van der Waals surface area contributed by atoms with Gasteiger partial charge < -0.3 is 21.5 Å². The van der Waals surface area contributed by atoms with Gasteiger partial charge in [-0.05, 0) is 31.5 Å². The van der Waals surface area contributed by atoms with Crippen LogP contribution in [0, 0.1) is 0 Å². The molecule has 1 saturated heterocycles. The average molecular weight is 291 g/mol. The molecule has 0 aliphatic carbocycles. The van der Waals surface area contributed by atoms with E-state index in [-0.39, 0.29) is 12.5 Å². The maximum atomic E-state index is 12.6. The summed E-state index contributed by atoms with van der Waals surface area (Å²) in [5.41, 5.74) is 5.33. The Morgan fingerprint density at radius 2 is 1.90 bits per heavy atom. The molecule has 1 aromatic rings. The number of primary amides is 1. The van der Waals surface area contributed by atoms with E-state index in [2.05, 4.69) is 10.6 Å². The van der Waals surface area contributed by atoms with Crippen LogP contribution in [0.2, 0.25) is 0 Å². The summed E-state index contributed by atoms with van der Waals surface area (Å²) in [4.78, 5) is 23.5. The van der Waals surface area contributed by atoms with Gasteiger partial charge in [0, 0.05) is 0 Å². The molecule has 1 unspecified atom stereocenters. The van der Waals surface area contributed by atoms with Crippen molar-refractivity contribution in [3.63, 3.8) is 0 Å². The summed E-state index contributed by atoms with van der Waals surface area (Å²) in [7, 11) is 0. The topological polar surface area (TPSA) is 104 Å². The van der Waals surface area contributed by atoms with Crippen molar-refractivity contribution >= 4 is 11.8 Å². The summed E-state index contributed by atoms with van der Waals surface area (Å²) in [5.74, 6) is -1.01. The second-order valence-corrected chi connectivity index (χ2v) is 5.33. The monoisotopic (exact) mass is 291 g/mol. The molecule has 0 bridgehead atoms. The number of carbonyl (C=O) groups is 2. The molecule has 1 aliphatic heterocycles. The zero-order valence-corrected chi connectivity index (χ0v) is 11.8. The van der Waals surface area contributed by atoms with Crippen LogP contribution in [-0.4, -0.2) is 42.7 Å². The zero-order chi connectivity index (χ0) is 15.3. The fourth-order valence-electron chi connectivity index (χ4n) is 2.72. The molecule has 1 aliphatic rings. The van der Waals surface area contributed by atoms with Crippen molar-refractivity contribution < 1.29 is 14.7 Å². The van der Waals surface area contributed by atoms with Crippen molar-refractivity contribution in [2.24, 2.45) is 5.73 Å². The highest BCUT2D eigenvalue weighted by Gasteiger charge is 2.41. The third kappa shape index (κ3) is 3.40. The summed E-state index contributed by atoms with van der Waals surface area (Å²) in [6.07, 6.45) is -0.00567. The highest BCUT2D eigenvalue weighted by molar-refractivity contribution is 5.89. The van der Waals surface area contributed by atoms with E-state index in [1.54, 1.807) is 0 Å². The number of nitrogens with one attached hydrogen (secondary N) is 2. The van der Waals surface area contributed by atoms with Gasteiger partial charge in [-0.15, -0.1) is 0 Å². The number of benzene rings is 1. The lowest BCUT2D eigenvalue weighted by molar-refractivity contribution is -0.130. The van der Waals surface area contributed by atoms with Crippen LogP contribution >= 0.6 is 0 Å². The number of amides is 2. The third-order valence-electron chi connectivity index (χ3n) is 4.00. The molecule has 21 heavy (non-hydrogen) atoms. The van der Waals surface area contributed by atoms with Gasteiger partial charge >= 0.3 is 0 Å². The molecule has 5 N–H and O–H groups in total. The molecule has 2 amide bonds. The van der Waals surface area contributed by atoms with Gasteiger partial charge in [0.2, 0.25) is 11.8 Å². The molecule has 2 rings (SSSR count). The Balaban J connectivity index is 2.16. The Morgan fingerprint density at radius 1 is 1.29 bits per heavy atom. The number of aliphatic hydroxyl groups is 1. The second-order valence-electron chi connectivity index (χ2n) is 5.33. The molecule has 0 spiro atoms. The molecular weight excluding hydrogens is 270 g/mol. The molecule has 1 aromatic carbocycles. The second kappa shape index (κ2) is 6.69. The minimum Gasteiger partial charge on any atom is -0.381 e. The molecule has 114 valence electrons. The lowest BCUT2D eigenvalue weighted by Gasteiger charge is -2.36. The number of piperidine rings is 1. The largest absolute Gasteiger partial charge is 0.381 e. The van der Waals surface area contributed by atoms with Gasteiger partial charge in [0.05, 0.1) is 12.0 Å². The number of aliphatic hydroxyl groups excluding tert-OH is 1. The smallest absolute Gasteiger partial charge is 0.248 e. The van der Waals surface area contributed by atoms with E-state index in [0.29, 0.717) is 12.8 Å². The number of nitrogens with two attached hydrogens (primary N) is 1. The SMILES string of the molecule is NC(=O)C(O)CNC(=O)C1(c2ccccc2)CCNCC1. The van der Waals surface area contributed by atoms with Crippen LogP contribution in [0.3, 0.4) is 0 Å². The van der Waals surface area contributed by atoms with E-state index < -0.39 is 17.4 Å². The van der Waals surface area contributed by atoms with Crippen LogP contribution in [0.25, 0.3) is 0 Å². The van der Waals surface area contributed by atoms with E-state index in [1.165, 1.54) is 0 Å². The first-order chi connectivity index (χ1) is 10.1. The molecule has 1 heterocycles. The minimum atomic E-state index is -1.36. The van der Waals surface area contributed by atoms with Crippen LogP contribution in [0.15, 0.2) is 30.3 Å². The summed E-state index contributed by atoms with van der Waals surface area (Å²) in [5, 5.41) is 15.3. The molecular formula is C15H21N3O3. The lowest BCUT2D eigenvalue weighted by Crippen LogP contribution is -2.52. The molecule has 6 nitrogen and oxygen atoms in total. The van der Waals surface area contributed by atoms with Crippen molar-refractivity contribution in [2.75, 3.05) is 19.6 Å². The van der Waals surface area contributed by atoms with E-state index in [1.807, 2.05) is 30.3 Å². The standard InChI is InChI=1S/C15H21N3O3/c16-13(20)12(19)10-18-14(21)15(6-8-17-9-7-15)11-4-2-1-3-5-11/h1-5,12,17,19H,6-10H2,(H2,16,20)(H,18,21). The van der Waals surface area contributed by atoms with Crippen molar-refractivity contribution in [1.29, 1.82) is 0 Å². The minimum absolute atomic E-state index is 0.157. The number of hydrogen-bond acceptors (Lipinski definition) is 4. The van der Waals surface area contributed by atoms with Crippen molar-refractivity contribution in [2.45, 2.75) is 24.4 Å². The summed E-state index contributed by atoms with van der Waals surface area (Å²) >= 11 is 0. The summed E-state index contributed by atoms with van der Waals surface area (Å²) < 4.78 is 0. The van der Waals surface area contributed by atoms with Crippen LogP contribution in [0.5, 0.6) is 0 Å². The van der Waals surface area contributed by atoms with E-state index in [9.17, 15) is 14.7 Å². The Hall–Kier alpha value is -1.92. The Kier molecular flexibility index (Phi) is 4.93. The molecule has 0 radical (unpaired) electrons. The fraction of sp³-hybridized carbons (Fsp3) is 0.467. The van der Waals surface area contributed by atoms with Crippen molar-refractivity contribution in [3.05, 3.63) is 35.9 Å². The quantitative estimate of drug-likeness (QED) is 0.574. The van der Waals surface area contributed by atoms with E-state index in [0.717, 1.165) is 18.7 Å². The van der Waals surface area contributed by atoms with E-state index >= 15 is 0 Å². The fourth-order valence-corrected chi connectivity index (χ4v) is 2.72. The van der Waals surface area contributed by atoms with Gasteiger partial charge in [-0.3, -0.25) is 9.59 Å². The van der Waals surface area contributed by atoms with Crippen LogP contribution < -0.4 is 16.4 Å². The first kappa shape index (κ1) is 15.5. The van der Waals surface area contributed by atoms with Crippen LogP contribution in [0.1, 0.15) is 18.4 Å². The van der Waals surface area contributed by atoms with Crippen LogP contribution in [0.4, 0.5) is 0 Å². The lowest BCUT2D eigenvalue weighted by atomic mass is 9.72. The molecule has 0 aromatic heterocycles. The van der Waals surface area contributed by atoms with Crippen molar-refractivity contribution in [3.8, 4) is 0 Å². The average Bonchev–Trinajstić information content (AvgIpc) is 2.53. The third-order valence-corrected chi connectivity index (χ3v) is 4.00. The van der Waals surface area contributed by atoms with Gasteiger partial charge in [-0.1, -0.05) is 30.3 Å². The molecule has 1 fully saturated rings. The first-order valence-corrected chi connectivity index (χ1v) is 7.08. The molecule has 6 heteroatoms. The number of hydrogen-bond donors (Lipinski definition) is 4. The predicted molar refractivity (Wildman–Crippen MR) is 78.4 cm³/mol. The molecule has 1 atom stereocenters. The van der Waals surface area contributed by atoms with Crippen molar-refractivity contribution in [1.82, 2.24) is 10.6 Å². The maximum absolute atomic E-state index is 12.6. The van der Waals surface area contributed by atoms with E-state index in [4.69, 9.17) is 5.73 Å². The van der Waals surface area contributed by atoms with Gasteiger partial charge in [-0.25, -0.2) is 0 Å².